The number of esters is 1. The van der Waals surface area contributed by atoms with Crippen molar-refractivity contribution in [1.29, 1.82) is 0 Å². The third kappa shape index (κ3) is 4.20. The maximum atomic E-state index is 12.7. The number of benzene rings is 2. The molecule has 0 radical (unpaired) electrons. The molecule has 154 valence electrons. The van der Waals surface area contributed by atoms with Crippen LogP contribution >= 0.6 is 27.3 Å². The SMILES string of the molecule is CCOC(=O)c1c([C@@H]2COc3ccccc3O2)csc1NC(=O)c1ccc(Br)cc1. The summed E-state index contributed by atoms with van der Waals surface area (Å²) in [7, 11) is 0. The lowest BCUT2D eigenvalue weighted by Gasteiger charge is -2.26. The molecular weight excluding hydrogens is 470 g/mol. The molecule has 1 amide bonds. The molecule has 0 saturated carbocycles. The second kappa shape index (κ2) is 8.89. The minimum Gasteiger partial charge on any atom is -0.485 e. The first-order valence-electron chi connectivity index (χ1n) is 9.30. The molecule has 1 aliphatic heterocycles. The molecule has 30 heavy (non-hydrogen) atoms. The number of fused-ring (bicyclic) bond motifs is 1. The van der Waals surface area contributed by atoms with Crippen molar-refractivity contribution in [2.24, 2.45) is 0 Å². The van der Waals surface area contributed by atoms with Gasteiger partial charge >= 0.3 is 5.97 Å². The summed E-state index contributed by atoms with van der Waals surface area (Å²) in [6, 6.07) is 14.3. The van der Waals surface area contributed by atoms with Crippen LogP contribution in [0.1, 0.15) is 39.3 Å². The zero-order valence-electron chi connectivity index (χ0n) is 16.0. The van der Waals surface area contributed by atoms with Gasteiger partial charge in [0, 0.05) is 21.0 Å². The van der Waals surface area contributed by atoms with E-state index in [1.54, 1.807) is 36.6 Å². The lowest BCUT2D eigenvalue weighted by atomic mass is 10.1. The normalized spacial score (nSPS) is 14.8. The van der Waals surface area contributed by atoms with Crippen molar-refractivity contribution in [1.82, 2.24) is 0 Å². The van der Waals surface area contributed by atoms with E-state index in [-0.39, 0.29) is 19.1 Å². The number of carbonyl (C=O) groups excluding carboxylic acids is 2. The molecule has 1 N–H and O–H groups in total. The molecule has 0 saturated heterocycles. The monoisotopic (exact) mass is 487 g/mol. The lowest BCUT2D eigenvalue weighted by Crippen LogP contribution is -2.24. The van der Waals surface area contributed by atoms with E-state index >= 15 is 0 Å². The van der Waals surface area contributed by atoms with Crippen LogP contribution in [0.5, 0.6) is 11.5 Å². The number of para-hydroxylation sites is 2. The largest absolute Gasteiger partial charge is 0.485 e. The number of anilines is 1. The molecule has 8 heteroatoms. The van der Waals surface area contributed by atoms with E-state index in [1.165, 1.54) is 11.3 Å². The van der Waals surface area contributed by atoms with Crippen LogP contribution in [0.25, 0.3) is 0 Å². The maximum Gasteiger partial charge on any atom is 0.341 e. The molecule has 2 aromatic carbocycles. The van der Waals surface area contributed by atoms with E-state index in [2.05, 4.69) is 21.2 Å². The average Bonchev–Trinajstić information content (AvgIpc) is 3.17. The zero-order chi connectivity index (χ0) is 21.1. The molecule has 0 aliphatic carbocycles. The zero-order valence-corrected chi connectivity index (χ0v) is 18.4. The van der Waals surface area contributed by atoms with Gasteiger partial charge in [-0.05, 0) is 43.3 Å². The number of nitrogens with one attached hydrogen (secondary N) is 1. The second-order valence-electron chi connectivity index (χ2n) is 6.44. The Hall–Kier alpha value is -2.84. The number of halogens is 1. The van der Waals surface area contributed by atoms with Gasteiger partial charge in [0.25, 0.3) is 5.91 Å². The summed E-state index contributed by atoms with van der Waals surface area (Å²) in [4.78, 5) is 25.4. The summed E-state index contributed by atoms with van der Waals surface area (Å²) in [6.07, 6.45) is -0.492. The van der Waals surface area contributed by atoms with Crippen molar-refractivity contribution < 1.29 is 23.8 Å². The van der Waals surface area contributed by atoms with Gasteiger partial charge in [-0.1, -0.05) is 28.1 Å². The molecule has 1 atom stereocenters. The van der Waals surface area contributed by atoms with Crippen LogP contribution in [0.15, 0.2) is 58.4 Å². The van der Waals surface area contributed by atoms with Crippen molar-refractivity contribution in [2.75, 3.05) is 18.5 Å². The fraction of sp³-hybridized carbons (Fsp3) is 0.182. The molecule has 0 fully saturated rings. The van der Waals surface area contributed by atoms with Crippen LogP contribution < -0.4 is 14.8 Å². The molecular formula is C22H18BrNO5S. The van der Waals surface area contributed by atoms with E-state index < -0.39 is 12.1 Å². The van der Waals surface area contributed by atoms with Gasteiger partial charge in [0.1, 0.15) is 17.2 Å². The molecule has 3 aromatic rings. The molecule has 1 aromatic heterocycles. The molecule has 0 bridgehead atoms. The summed E-state index contributed by atoms with van der Waals surface area (Å²) in [6.45, 7) is 2.21. The standard InChI is InChI=1S/C22H18BrNO5S/c1-2-27-22(26)19-15(18-11-28-16-5-3-4-6-17(16)29-18)12-30-21(19)24-20(25)13-7-9-14(23)10-8-13/h3-10,12,18H,2,11H2,1H3,(H,24,25)/t18-/m0/s1. The Kier molecular flexibility index (Phi) is 6.06. The molecule has 0 spiro atoms. The first kappa shape index (κ1) is 20.4. The van der Waals surface area contributed by atoms with Gasteiger partial charge in [-0.25, -0.2) is 4.79 Å². The van der Waals surface area contributed by atoms with Crippen molar-refractivity contribution in [3.63, 3.8) is 0 Å². The van der Waals surface area contributed by atoms with Gasteiger partial charge in [-0.2, -0.15) is 0 Å². The van der Waals surface area contributed by atoms with Gasteiger partial charge < -0.3 is 19.5 Å². The second-order valence-corrected chi connectivity index (χ2v) is 8.24. The molecule has 2 heterocycles. The number of rotatable bonds is 5. The lowest BCUT2D eigenvalue weighted by molar-refractivity contribution is 0.0513. The van der Waals surface area contributed by atoms with Gasteiger partial charge in [-0.15, -0.1) is 11.3 Å². The van der Waals surface area contributed by atoms with E-state index in [0.717, 1.165) is 4.47 Å². The number of amides is 1. The summed E-state index contributed by atoms with van der Waals surface area (Å²) in [5, 5.41) is 5.04. The van der Waals surface area contributed by atoms with Gasteiger partial charge in [0.15, 0.2) is 17.6 Å². The summed E-state index contributed by atoms with van der Waals surface area (Å²) in [5.41, 5.74) is 1.40. The predicted octanol–water partition coefficient (Wildman–Crippen LogP) is 5.45. The van der Waals surface area contributed by atoms with Crippen molar-refractivity contribution in [3.05, 3.63) is 75.1 Å². The van der Waals surface area contributed by atoms with E-state index in [4.69, 9.17) is 14.2 Å². The number of ether oxygens (including phenoxy) is 3. The highest BCUT2D eigenvalue weighted by molar-refractivity contribution is 9.10. The fourth-order valence-electron chi connectivity index (χ4n) is 3.06. The highest BCUT2D eigenvalue weighted by Crippen LogP contribution is 2.40. The topological polar surface area (TPSA) is 73.9 Å². The van der Waals surface area contributed by atoms with Crippen LogP contribution in [-0.4, -0.2) is 25.1 Å². The first-order valence-corrected chi connectivity index (χ1v) is 11.0. The minimum atomic E-state index is -0.512. The quantitative estimate of drug-likeness (QED) is 0.484. The number of hydrogen-bond acceptors (Lipinski definition) is 6. The Labute approximate surface area is 185 Å². The van der Waals surface area contributed by atoms with Crippen molar-refractivity contribution in [2.45, 2.75) is 13.0 Å². The number of hydrogen-bond donors (Lipinski definition) is 1. The number of thiophene rings is 1. The smallest absolute Gasteiger partial charge is 0.341 e. The van der Waals surface area contributed by atoms with Crippen molar-refractivity contribution in [3.8, 4) is 11.5 Å². The highest BCUT2D eigenvalue weighted by Gasteiger charge is 2.31. The van der Waals surface area contributed by atoms with E-state index in [9.17, 15) is 9.59 Å². The summed E-state index contributed by atoms with van der Waals surface area (Å²) in [5.74, 6) is 0.440. The maximum absolute atomic E-state index is 12.7. The predicted molar refractivity (Wildman–Crippen MR) is 118 cm³/mol. The van der Waals surface area contributed by atoms with Gasteiger partial charge in [0.2, 0.25) is 0 Å². The molecule has 4 rings (SSSR count). The Bertz CT molecular complexity index is 1080. The molecule has 6 nitrogen and oxygen atoms in total. The molecule has 1 aliphatic rings. The minimum absolute atomic E-state index is 0.221. The van der Waals surface area contributed by atoms with E-state index in [0.29, 0.717) is 33.2 Å². The highest BCUT2D eigenvalue weighted by atomic mass is 79.9. The third-order valence-corrected chi connectivity index (χ3v) is 5.93. The average molecular weight is 488 g/mol. The van der Waals surface area contributed by atoms with Crippen molar-refractivity contribution >= 4 is 44.1 Å². The van der Waals surface area contributed by atoms with Gasteiger partial charge in [-0.3, -0.25) is 4.79 Å². The van der Waals surface area contributed by atoms with Gasteiger partial charge in [0.05, 0.1) is 6.61 Å². The van der Waals surface area contributed by atoms with Crippen LogP contribution in [0.3, 0.4) is 0 Å². The Morgan fingerprint density at radius 1 is 1.17 bits per heavy atom. The van der Waals surface area contributed by atoms with Crippen LogP contribution in [0.4, 0.5) is 5.00 Å². The first-order chi connectivity index (χ1) is 14.6. The summed E-state index contributed by atoms with van der Waals surface area (Å²) < 4.78 is 18.0. The van der Waals surface area contributed by atoms with Crippen LogP contribution in [-0.2, 0) is 4.74 Å². The fourth-order valence-corrected chi connectivity index (χ4v) is 4.31. The Morgan fingerprint density at radius 3 is 2.63 bits per heavy atom. The van der Waals surface area contributed by atoms with Crippen LogP contribution in [0, 0.1) is 0 Å². The Morgan fingerprint density at radius 2 is 1.90 bits per heavy atom. The number of carbonyl (C=O) groups is 2. The Balaban J connectivity index is 1.64. The summed E-state index contributed by atoms with van der Waals surface area (Å²) >= 11 is 4.61. The van der Waals surface area contributed by atoms with E-state index in [1.807, 2.05) is 24.3 Å². The molecule has 0 unspecified atom stereocenters. The third-order valence-electron chi connectivity index (χ3n) is 4.49. The van der Waals surface area contributed by atoms with Crippen LogP contribution in [0.2, 0.25) is 0 Å².